The van der Waals surface area contributed by atoms with E-state index in [0.717, 1.165) is 114 Å². The van der Waals surface area contributed by atoms with Gasteiger partial charge >= 0.3 is 17.9 Å². The second kappa shape index (κ2) is 57.8. The molecule has 0 amide bonds. The number of nitrogens with zero attached hydrogens (tertiary/aromatic N) is 8. The van der Waals surface area contributed by atoms with Crippen LogP contribution in [0.4, 0.5) is 28.4 Å². The fraction of sp³-hybridized carbons (Fsp3) is 0.538. The molecule has 7 saturated carbocycles. The number of halogens is 8. The SMILES string of the molecule is CC(=O)c1cnc(Cl)cc1NC1CCCC1.CC(O)c1cnc(Cl)cc1NC1CCCC1.CCOC(=O)CP(C)(=O)OCC.CCOC(=O)c1cnc(Cl)cc1Cl.CCOC(=O)c1cnc(Cl)cc1NC1CCCC1.Cc1cc(=O)n(C2CCCC2)c2cc(Cl)ncc12.NC1CCCC1.O=Cc1cnc(Cl)cc1NC1CCCC1.OCc1cnc(Cl)cc1NC1CCCC1. The van der Waals surface area contributed by atoms with Crippen molar-refractivity contribution in [2.24, 2.45) is 5.73 Å². The van der Waals surface area contributed by atoms with Crippen LogP contribution in [-0.4, -0.2) is 155 Å². The number of esters is 3. The first-order valence-electron chi connectivity index (χ1n) is 44.6. The van der Waals surface area contributed by atoms with Crippen LogP contribution in [-0.2, 0) is 34.7 Å². The smallest absolute Gasteiger partial charge is 0.341 e. The summed E-state index contributed by atoms with van der Waals surface area (Å²) in [5.74, 6) is -1.29. The summed E-state index contributed by atoms with van der Waals surface area (Å²) < 4.78 is 32.6. The van der Waals surface area contributed by atoms with Crippen LogP contribution < -0.4 is 37.9 Å². The van der Waals surface area contributed by atoms with Gasteiger partial charge in [0.15, 0.2) is 12.1 Å². The van der Waals surface area contributed by atoms with Crippen molar-refractivity contribution in [2.45, 2.75) is 283 Å². The zero-order chi connectivity index (χ0) is 94.0. The highest BCUT2D eigenvalue weighted by Crippen LogP contribution is 2.42. The van der Waals surface area contributed by atoms with Gasteiger partial charge in [-0.15, -0.1) is 0 Å². The van der Waals surface area contributed by atoms with Crippen molar-refractivity contribution in [1.29, 1.82) is 0 Å². The Morgan fingerprint density at radius 2 is 0.860 bits per heavy atom. The van der Waals surface area contributed by atoms with Gasteiger partial charge in [-0.3, -0.25) is 23.7 Å². The molecule has 8 heterocycles. The zero-order valence-electron chi connectivity index (χ0n) is 74.9. The van der Waals surface area contributed by atoms with Crippen LogP contribution in [0.3, 0.4) is 0 Å². The Labute approximate surface area is 797 Å². The van der Waals surface area contributed by atoms with Crippen LogP contribution in [0.15, 0.2) is 96.7 Å². The van der Waals surface area contributed by atoms with Gasteiger partial charge in [-0.1, -0.05) is 183 Å². The van der Waals surface area contributed by atoms with Crippen molar-refractivity contribution >= 4 is 169 Å². The number of aryl methyl sites for hydroxylation is 1. The Bertz CT molecular complexity index is 4970. The molecular weight excluding hydrogens is 1840 g/mol. The summed E-state index contributed by atoms with van der Waals surface area (Å²) in [6.07, 6.45) is 45.1. The molecule has 0 radical (unpaired) electrons. The normalized spacial score (nSPS) is 16.3. The number of hydrogen-bond acceptors (Lipinski definition) is 26. The maximum absolute atomic E-state index is 12.3. The first kappa shape index (κ1) is 108. The number of aromatic nitrogens is 8. The van der Waals surface area contributed by atoms with Crippen molar-refractivity contribution in [1.82, 2.24) is 39.5 Å². The lowest BCUT2D eigenvalue weighted by molar-refractivity contribution is -0.140. The molecule has 15 rings (SSSR count). The average Bonchev–Trinajstić information content (AvgIpc) is 1.76. The molecular formula is C93H125Cl8N14O13P. The monoisotopic (exact) mass is 1960 g/mol. The van der Waals surface area contributed by atoms with Gasteiger partial charge in [0, 0.05) is 138 Å². The Morgan fingerprint density at radius 3 is 1.30 bits per heavy atom. The minimum atomic E-state index is -2.75. The van der Waals surface area contributed by atoms with Gasteiger partial charge in [-0.2, -0.15) is 0 Å². The predicted molar refractivity (Wildman–Crippen MR) is 520 cm³/mol. The Morgan fingerprint density at radius 1 is 0.488 bits per heavy atom. The van der Waals surface area contributed by atoms with E-state index in [4.69, 9.17) is 118 Å². The molecule has 129 heavy (non-hydrogen) atoms. The number of nitrogens with one attached hydrogen (secondary N) is 5. The summed E-state index contributed by atoms with van der Waals surface area (Å²) in [6.45, 7) is 14.9. The molecule has 8 aromatic heterocycles. The number of aliphatic hydroxyl groups excluding tert-OH is 2. The molecule has 0 spiro atoms. The standard InChI is InChI=1S/C14H15ClN2O.C13H17ClN2O2.C12H17ClN2O.C12H15ClN2O.C11H15ClN2O.C11H13ClN2O.C8H7Cl2NO2.C7H15O4P.C5H11N/c1-9-6-14(18)17(10-4-2-3-5-10)12-7-13(15)16-8-11(9)12;1-2-18-13(17)10-8-15-12(14)7-11(10)16-9-5-3-4-6-9;2*1-8(16)10-7-14-12(13)6-11(10)15-9-4-2-3-5-9;2*12-11-5-10(8(7-15)6-13-11)14-9-3-1-2-4-9;1-2-13-8(12)5-4-11-7(10)3-6(5)9;1-4-10-7(8)6-12(3,9)11-5-2;6-5-3-1-2-4-5/h6-8,10H,2-5H2,1H3;7-9H,2-6H2,1H3,(H,15,16);6-9,16H,2-5H2,1H3,(H,14,15);6-7,9H,2-5H2,1H3,(H,14,15);5-6,9,15H,1-4,7H2,(H,13,14);5-7,9H,1-4H2,(H,13,14);3-4H,2H2,1H3;4-6H2,1-3H3;5H,1-4,6H2. The highest BCUT2D eigenvalue weighted by atomic mass is 35.5. The minimum absolute atomic E-state index is 0.000772. The second-order valence-corrected chi connectivity index (χ2v) is 38.2. The number of pyridine rings is 8. The van der Waals surface area contributed by atoms with E-state index in [1.807, 2.05) is 17.6 Å². The van der Waals surface area contributed by atoms with Crippen LogP contribution in [0.25, 0.3) is 10.9 Å². The van der Waals surface area contributed by atoms with E-state index >= 15 is 0 Å². The number of ketones is 1. The van der Waals surface area contributed by atoms with Gasteiger partial charge < -0.3 is 65.8 Å². The number of aliphatic hydroxyl groups is 2. The predicted octanol–water partition coefficient (Wildman–Crippen LogP) is 23.6. The molecule has 0 aromatic carbocycles. The summed E-state index contributed by atoms with van der Waals surface area (Å²) in [6, 6.07) is 16.9. The fourth-order valence-corrected chi connectivity index (χ4v) is 18.5. The molecule has 706 valence electrons. The lowest BCUT2D eigenvalue weighted by Gasteiger charge is -2.18. The van der Waals surface area contributed by atoms with Gasteiger partial charge in [0.1, 0.15) is 47.8 Å². The summed E-state index contributed by atoms with van der Waals surface area (Å²) >= 11 is 46.5. The lowest BCUT2D eigenvalue weighted by atomic mass is 10.1. The van der Waals surface area contributed by atoms with Crippen molar-refractivity contribution in [2.75, 3.05) is 65.8 Å². The van der Waals surface area contributed by atoms with Gasteiger partial charge in [0.2, 0.25) is 7.37 Å². The van der Waals surface area contributed by atoms with Crippen molar-refractivity contribution in [3.05, 3.63) is 182 Å². The third kappa shape index (κ3) is 38.1. The van der Waals surface area contributed by atoms with E-state index in [0.29, 0.717) is 116 Å². The number of carbonyl (C=O) groups excluding carboxylic acids is 5. The number of carbonyl (C=O) groups is 5. The number of aldehydes is 1. The van der Waals surface area contributed by atoms with Crippen LogP contribution in [0.5, 0.6) is 0 Å². The summed E-state index contributed by atoms with van der Waals surface area (Å²) in [7, 11) is -2.75. The topological polar surface area (TPSA) is 378 Å². The second-order valence-electron chi connectivity index (χ2n) is 32.5. The molecule has 36 heteroatoms. The third-order valence-corrected chi connectivity index (χ3v) is 25.7. The van der Waals surface area contributed by atoms with E-state index in [-0.39, 0.29) is 45.8 Å². The maximum Gasteiger partial charge on any atom is 0.341 e. The molecule has 0 aliphatic heterocycles. The summed E-state index contributed by atoms with van der Waals surface area (Å²) in [5, 5.41) is 39.9. The van der Waals surface area contributed by atoms with Crippen molar-refractivity contribution < 1.29 is 57.5 Å². The number of anilines is 5. The average molecular weight is 1960 g/mol. The number of Topliss-reactive ketones (excluding diaryl/α,β-unsaturated/α-hetero) is 1. The number of ether oxygens (including phenoxy) is 3. The van der Waals surface area contributed by atoms with E-state index in [2.05, 4.69) is 66.2 Å². The minimum Gasteiger partial charge on any atom is -0.466 e. The van der Waals surface area contributed by atoms with Gasteiger partial charge in [0.05, 0.1) is 72.1 Å². The molecule has 0 bridgehead atoms. The first-order chi connectivity index (χ1) is 61.8. The Balaban J connectivity index is 0.000000200. The van der Waals surface area contributed by atoms with E-state index < -0.39 is 25.4 Å². The van der Waals surface area contributed by atoms with Gasteiger partial charge in [-0.05, 0) is 186 Å². The molecule has 27 nitrogen and oxygen atoms in total. The maximum atomic E-state index is 12.3. The quantitative estimate of drug-likeness (QED) is 0.00695. The van der Waals surface area contributed by atoms with Gasteiger partial charge in [-0.25, -0.2) is 44.5 Å². The first-order valence-corrected chi connectivity index (χ1v) is 49.9. The van der Waals surface area contributed by atoms with Crippen molar-refractivity contribution in [3.63, 3.8) is 0 Å². The Hall–Kier alpha value is -7.60. The molecule has 7 aliphatic carbocycles. The molecule has 0 saturated heterocycles. The number of nitrogens with two attached hydrogens (primary N) is 1. The zero-order valence-corrected chi connectivity index (χ0v) is 81.9. The summed E-state index contributed by atoms with van der Waals surface area (Å²) in [5.41, 5.74) is 15.2. The number of hydrogen-bond donors (Lipinski definition) is 8. The third-order valence-electron chi connectivity index (χ3n) is 22.3. The van der Waals surface area contributed by atoms with Crippen LogP contribution in [0, 0.1) is 6.92 Å². The number of rotatable bonds is 24. The highest BCUT2D eigenvalue weighted by molar-refractivity contribution is 7.59. The fourth-order valence-electron chi connectivity index (χ4n) is 15.9. The highest BCUT2D eigenvalue weighted by Gasteiger charge is 2.27. The van der Waals surface area contributed by atoms with E-state index in [1.165, 1.54) is 160 Å². The molecule has 7 fully saturated rings. The largest absolute Gasteiger partial charge is 0.466 e. The lowest BCUT2D eigenvalue weighted by Crippen LogP contribution is -2.23. The summed E-state index contributed by atoms with van der Waals surface area (Å²) in [4.78, 5) is 95.9. The molecule has 2 atom stereocenters. The van der Waals surface area contributed by atoms with Crippen molar-refractivity contribution in [3.8, 4) is 0 Å². The number of fused-ring (bicyclic) bond motifs is 1. The molecule has 9 N–H and O–H groups in total. The molecule has 2 unspecified atom stereocenters. The van der Waals surface area contributed by atoms with Gasteiger partial charge in [0.25, 0.3) is 5.56 Å². The molecule has 8 aromatic rings. The van der Waals surface area contributed by atoms with E-state index in [1.54, 1.807) is 103 Å². The van der Waals surface area contributed by atoms with E-state index in [9.17, 15) is 38.4 Å². The van der Waals surface area contributed by atoms with Crippen LogP contribution in [0.2, 0.25) is 41.1 Å². The molecule has 7 aliphatic rings. The van der Waals surface area contributed by atoms with Crippen LogP contribution >= 0.6 is 100 Å². The Kier molecular flexibility index (Phi) is 48.5. The van der Waals surface area contributed by atoms with Crippen LogP contribution in [0.1, 0.15) is 292 Å².